The van der Waals surface area contributed by atoms with E-state index in [4.69, 9.17) is 5.73 Å². The Hall–Kier alpha value is -4.23. The van der Waals surface area contributed by atoms with Crippen molar-refractivity contribution in [3.8, 4) is 16.8 Å². The zero-order valence-electron chi connectivity index (χ0n) is 18.8. The SMILES string of the molecule is Cc1cc(C(=O)N[C@@H](Cc2ccccc2)C(O)C(N)=O)n(-c2ccc(-c3ccccc3)cc2)n1. The number of aliphatic hydroxyl groups excluding tert-OH is 1. The molecule has 2 amide bonds. The number of carbonyl (C=O) groups excluding carboxylic acids is 2. The predicted molar refractivity (Wildman–Crippen MR) is 130 cm³/mol. The molecule has 1 unspecified atom stereocenters. The zero-order valence-corrected chi connectivity index (χ0v) is 18.8. The van der Waals surface area contributed by atoms with Gasteiger partial charge in [-0.2, -0.15) is 5.10 Å². The molecule has 0 bridgehead atoms. The van der Waals surface area contributed by atoms with Crippen LogP contribution in [0.1, 0.15) is 21.7 Å². The molecule has 4 rings (SSSR count). The molecule has 1 aromatic heterocycles. The Bertz CT molecular complexity index is 1270. The fraction of sp³-hybridized carbons (Fsp3) is 0.148. The maximum atomic E-state index is 13.2. The lowest BCUT2D eigenvalue weighted by Crippen LogP contribution is -2.50. The van der Waals surface area contributed by atoms with Crippen molar-refractivity contribution in [1.29, 1.82) is 0 Å². The van der Waals surface area contributed by atoms with E-state index in [0.717, 1.165) is 16.7 Å². The zero-order chi connectivity index (χ0) is 24.1. The Kier molecular flexibility index (Phi) is 6.85. The molecule has 7 nitrogen and oxygen atoms in total. The first-order chi connectivity index (χ1) is 16.4. The lowest BCUT2D eigenvalue weighted by atomic mass is 10.0. The van der Waals surface area contributed by atoms with E-state index < -0.39 is 24.0 Å². The molecular weight excluding hydrogens is 428 g/mol. The van der Waals surface area contributed by atoms with E-state index in [-0.39, 0.29) is 6.42 Å². The molecule has 7 heteroatoms. The van der Waals surface area contributed by atoms with Gasteiger partial charge >= 0.3 is 0 Å². The van der Waals surface area contributed by atoms with Crippen LogP contribution in [0.3, 0.4) is 0 Å². The van der Waals surface area contributed by atoms with Gasteiger partial charge in [0, 0.05) is 0 Å². The molecule has 1 heterocycles. The summed E-state index contributed by atoms with van der Waals surface area (Å²) in [5, 5.41) is 17.6. The van der Waals surface area contributed by atoms with Gasteiger partial charge in [-0.15, -0.1) is 0 Å². The highest BCUT2D eigenvalue weighted by molar-refractivity contribution is 5.94. The number of aliphatic hydroxyl groups is 1. The van der Waals surface area contributed by atoms with Crippen LogP contribution in [0, 0.1) is 6.92 Å². The topological polar surface area (TPSA) is 110 Å². The van der Waals surface area contributed by atoms with Gasteiger partial charge in [-0.05, 0) is 48.2 Å². The molecule has 3 aromatic carbocycles. The number of hydrogen-bond acceptors (Lipinski definition) is 4. The third kappa shape index (κ3) is 5.22. The number of nitrogens with one attached hydrogen (secondary N) is 1. The second-order valence-electron chi connectivity index (χ2n) is 8.11. The molecular formula is C27H26N4O3. The highest BCUT2D eigenvalue weighted by Crippen LogP contribution is 2.22. The van der Waals surface area contributed by atoms with Crippen molar-refractivity contribution in [2.75, 3.05) is 0 Å². The number of carbonyl (C=O) groups is 2. The summed E-state index contributed by atoms with van der Waals surface area (Å²) < 4.78 is 1.55. The van der Waals surface area contributed by atoms with Crippen LogP contribution in [0.4, 0.5) is 0 Å². The molecule has 0 aliphatic rings. The van der Waals surface area contributed by atoms with E-state index in [1.165, 1.54) is 0 Å². The Morgan fingerprint density at radius 3 is 2.15 bits per heavy atom. The summed E-state index contributed by atoms with van der Waals surface area (Å²) in [5.41, 5.74) is 10.00. The van der Waals surface area contributed by atoms with Crippen LogP contribution in [0.25, 0.3) is 16.8 Å². The maximum absolute atomic E-state index is 13.2. The summed E-state index contributed by atoms with van der Waals surface area (Å²) in [5.74, 6) is -1.36. The van der Waals surface area contributed by atoms with Crippen molar-refractivity contribution in [1.82, 2.24) is 15.1 Å². The first-order valence-electron chi connectivity index (χ1n) is 11.0. The van der Waals surface area contributed by atoms with Crippen LogP contribution in [0.2, 0.25) is 0 Å². The minimum absolute atomic E-state index is 0.246. The average molecular weight is 455 g/mol. The molecule has 0 saturated carbocycles. The molecule has 4 N–H and O–H groups in total. The van der Waals surface area contributed by atoms with Crippen LogP contribution in [-0.2, 0) is 11.2 Å². The lowest BCUT2D eigenvalue weighted by molar-refractivity contribution is -0.127. The molecule has 172 valence electrons. The Morgan fingerprint density at radius 1 is 0.941 bits per heavy atom. The van der Waals surface area contributed by atoms with Crippen molar-refractivity contribution in [2.45, 2.75) is 25.5 Å². The lowest BCUT2D eigenvalue weighted by Gasteiger charge is -2.22. The Labute approximate surface area is 197 Å². The maximum Gasteiger partial charge on any atom is 0.270 e. The van der Waals surface area contributed by atoms with E-state index >= 15 is 0 Å². The molecule has 0 saturated heterocycles. The van der Waals surface area contributed by atoms with Gasteiger partial charge < -0.3 is 16.2 Å². The summed E-state index contributed by atoms with van der Waals surface area (Å²) in [6.45, 7) is 1.80. The van der Waals surface area contributed by atoms with E-state index in [1.807, 2.05) is 84.9 Å². The van der Waals surface area contributed by atoms with E-state index in [9.17, 15) is 14.7 Å². The van der Waals surface area contributed by atoms with Crippen molar-refractivity contribution in [3.05, 3.63) is 108 Å². The first kappa shape index (κ1) is 22.9. The van der Waals surface area contributed by atoms with Crippen LogP contribution < -0.4 is 11.1 Å². The number of nitrogens with zero attached hydrogens (tertiary/aromatic N) is 2. The summed E-state index contributed by atoms with van der Waals surface area (Å²) in [6.07, 6.45) is -1.29. The number of primary amides is 1. The van der Waals surface area contributed by atoms with Crippen molar-refractivity contribution < 1.29 is 14.7 Å². The Morgan fingerprint density at radius 2 is 1.53 bits per heavy atom. The van der Waals surface area contributed by atoms with Crippen LogP contribution >= 0.6 is 0 Å². The third-order valence-electron chi connectivity index (χ3n) is 5.57. The molecule has 0 fully saturated rings. The largest absolute Gasteiger partial charge is 0.381 e. The van der Waals surface area contributed by atoms with Gasteiger partial charge in [0.05, 0.1) is 17.4 Å². The van der Waals surface area contributed by atoms with Crippen molar-refractivity contribution in [2.24, 2.45) is 5.73 Å². The van der Waals surface area contributed by atoms with Gasteiger partial charge in [-0.25, -0.2) is 4.68 Å². The predicted octanol–water partition coefficient (Wildman–Crippen LogP) is 3.04. The van der Waals surface area contributed by atoms with E-state index in [1.54, 1.807) is 17.7 Å². The standard InChI is InChI=1S/C27H26N4O3/c1-18-16-24(27(34)29-23(25(32)26(28)33)17-19-8-4-2-5-9-19)31(30-18)22-14-12-21(13-15-22)20-10-6-3-7-11-20/h2-16,23,25,32H,17H2,1H3,(H2,28,33)(H,29,34)/t23-,25?/m0/s1. The first-order valence-corrected chi connectivity index (χ1v) is 11.0. The molecule has 0 aliphatic carbocycles. The second-order valence-corrected chi connectivity index (χ2v) is 8.11. The van der Waals surface area contributed by atoms with Crippen molar-refractivity contribution in [3.63, 3.8) is 0 Å². The molecule has 4 aromatic rings. The monoisotopic (exact) mass is 454 g/mol. The molecule has 34 heavy (non-hydrogen) atoms. The molecule has 2 atom stereocenters. The number of hydrogen-bond donors (Lipinski definition) is 3. The fourth-order valence-electron chi connectivity index (χ4n) is 3.83. The van der Waals surface area contributed by atoms with Gasteiger partial charge in [0.1, 0.15) is 5.69 Å². The quantitative estimate of drug-likeness (QED) is 0.380. The van der Waals surface area contributed by atoms with E-state index in [2.05, 4.69) is 10.4 Å². The van der Waals surface area contributed by atoms with Gasteiger partial charge in [-0.3, -0.25) is 9.59 Å². The Balaban J connectivity index is 1.59. The number of aryl methyl sites for hydroxylation is 1. The van der Waals surface area contributed by atoms with Gasteiger partial charge in [0.25, 0.3) is 5.91 Å². The highest BCUT2D eigenvalue weighted by Gasteiger charge is 2.28. The fourth-order valence-corrected chi connectivity index (χ4v) is 3.83. The molecule has 0 aliphatic heterocycles. The van der Waals surface area contributed by atoms with Crippen molar-refractivity contribution >= 4 is 11.8 Å². The molecule has 0 radical (unpaired) electrons. The number of rotatable bonds is 8. The van der Waals surface area contributed by atoms with Crippen LogP contribution in [-0.4, -0.2) is 38.8 Å². The smallest absolute Gasteiger partial charge is 0.270 e. The molecule has 0 spiro atoms. The summed E-state index contributed by atoms with van der Waals surface area (Å²) in [7, 11) is 0. The summed E-state index contributed by atoms with van der Waals surface area (Å²) in [6, 6.07) is 27.8. The van der Waals surface area contributed by atoms with Gasteiger partial charge in [0.15, 0.2) is 6.10 Å². The van der Waals surface area contributed by atoms with Gasteiger partial charge in [0.2, 0.25) is 5.91 Å². The third-order valence-corrected chi connectivity index (χ3v) is 5.57. The highest BCUT2D eigenvalue weighted by atomic mass is 16.3. The summed E-state index contributed by atoms with van der Waals surface area (Å²) in [4.78, 5) is 24.9. The number of aromatic nitrogens is 2. The van der Waals surface area contributed by atoms with Gasteiger partial charge in [-0.1, -0.05) is 72.8 Å². The minimum Gasteiger partial charge on any atom is -0.381 e. The number of nitrogens with two attached hydrogens (primary N) is 1. The number of benzene rings is 3. The summed E-state index contributed by atoms with van der Waals surface area (Å²) >= 11 is 0. The average Bonchev–Trinajstić information content (AvgIpc) is 3.26. The van der Waals surface area contributed by atoms with E-state index in [0.29, 0.717) is 17.1 Å². The minimum atomic E-state index is -1.54. The number of amides is 2. The normalized spacial score (nSPS) is 12.6. The van der Waals surface area contributed by atoms with Crippen LogP contribution in [0.5, 0.6) is 0 Å². The second kappa shape index (κ2) is 10.1. The van der Waals surface area contributed by atoms with Crippen LogP contribution in [0.15, 0.2) is 91.0 Å².